The van der Waals surface area contributed by atoms with Gasteiger partial charge in [-0.05, 0) is 5.64 Å². The topological polar surface area (TPSA) is 107 Å². The van der Waals surface area contributed by atoms with Gasteiger partial charge in [0.25, 0.3) is 0 Å². The average Bonchev–Trinajstić information content (AvgIpc) is 1.69. The Labute approximate surface area is 39.7 Å². The molecule has 0 aromatic carbocycles. The van der Waals surface area contributed by atoms with Crippen LogP contribution in [0.5, 0.6) is 0 Å². The molecular formula is H7N5O2. The van der Waals surface area contributed by atoms with Crippen molar-refractivity contribution in [3.63, 3.8) is 0 Å². The van der Waals surface area contributed by atoms with E-state index in [1.165, 1.54) is 0 Å². The Hall–Kier alpha value is -0.280. The second kappa shape index (κ2) is 5.72. The van der Waals surface area contributed by atoms with Crippen molar-refractivity contribution in [2.24, 2.45) is 11.7 Å². The normalized spacial score (nSPS) is 9.43. The lowest BCUT2D eigenvalue weighted by atomic mass is 12.7. The van der Waals surface area contributed by atoms with Gasteiger partial charge in [0.2, 0.25) is 0 Å². The Balaban J connectivity index is 2.45. The average molecular weight is 109 g/mol. The molecule has 0 bridgehead atoms. The molecule has 7 nitrogen and oxygen atoms in total. The zero-order valence-corrected chi connectivity index (χ0v) is 3.47. The first-order valence-electron chi connectivity index (χ1n) is 1.39. The molecule has 0 aliphatic rings. The van der Waals surface area contributed by atoms with Crippen molar-refractivity contribution in [2.45, 2.75) is 0 Å². The molecule has 0 saturated carbocycles. The molecule has 0 saturated heterocycles. The van der Waals surface area contributed by atoms with Crippen molar-refractivity contribution in [3.8, 4) is 0 Å². The summed E-state index contributed by atoms with van der Waals surface area (Å²) in [5.41, 5.74) is 5.35. The Morgan fingerprint density at radius 2 is 1.43 bits per heavy atom. The minimum Gasteiger partial charge on any atom is -0.246 e. The number of nitrogens with two attached hydrogens (primary N) is 2. The van der Waals surface area contributed by atoms with Gasteiger partial charge in [-0.25, -0.2) is 11.7 Å². The second-order valence-corrected chi connectivity index (χ2v) is 0.523. The second-order valence-electron chi connectivity index (χ2n) is 0.523. The van der Waals surface area contributed by atoms with Gasteiger partial charge in [0.15, 0.2) is 0 Å². The molecule has 0 atom stereocenters. The van der Waals surface area contributed by atoms with E-state index in [2.05, 4.69) is 21.6 Å². The van der Waals surface area contributed by atoms with Gasteiger partial charge in [-0.1, -0.05) is 0 Å². The van der Waals surface area contributed by atoms with E-state index in [-0.39, 0.29) is 0 Å². The summed E-state index contributed by atoms with van der Waals surface area (Å²) in [4.78, 5) is 7.97. The van der Waals surface area contributed by atoms with Crippen LogP contribution in [0.25, 0.3) is 0 Å². The van der Waals surface area contributed by atoms with E-state index >= 15 is 0 Å². The number of hydrazine groups is 2. The minimum absolute atomic E-state index is 1.77. The Bertz CT molecular complexity index is 25.3. The molecule has 0 fully saturated rings. The Morgan fingerprint density at radius 3 is 1.71 bits per heavy atom. The van der Waals surface area contributed by atoms with Crippen molar-refractivity contribution < 1.29 is 9.88 Å². The van der Waals surface area contributed by atoms with Crippen LogP contribution in [-0.2, 0) is 9.88 Å². The fourth-order valence-electron chi connectivity index (χ4n) is 0.0689. The van der Waals surface area contributed by atoms with Gasteiger partial charge in [0.1, 0.15) is 0 Å². The van der Waals surface area contributed by atoms with Crippen LogP contribution < -0.4 is 28.5 Å². The highest BCUT2D eigenvalue weighted by molar-refractivity contribution is 3.68. The van der Waals surface area contributed by atoms with Gasteiger partial charge >= 0.3 is 0 Å². The minimum atomic E-state index is 1.77. The monoisotopic (exact) mass is 109 g/mol. The fraction of sp³-hybridized carbons (Fsp3) is 0. The van der Waals surface area contributed by atoms with Gasteiger partial charge in [0, 0.05) is 0 Å². The summed E-state index contributed by atoms with van der Waals surface area (Å²) in [7, 11) is 0. The van der Waals surface area contributed by atoms with Crippen LogP contribution in [0.1, 0.15) is 0 Å². The zero-order valence-electron chi connectivity index (χ0n) is 3.47. The molecule has 0 heterocycles. The summed E-state index contributed by atoms with van der Waals surface area (Å²) < 4.78 is 0. The summed E-state index contributed by atoms with van der Waals surface area (Å²) in [6.45, 7) is 0. The Morgan fingerprint density at radius 1 is 1.00 bits per heavy atom. The van der Waals surface area contributed by atoms with Gasteiger partial charge in [0.05, 0.1) is 0 Å². The molecule has 0 radical (unpaired) electrons. The maximum atomic E-state index is 4.59. The molecule has 7 heavy (non-hydrogen) atoms. The number of hydrogen-bond donors (Lipinski definition) is 5. The molecule has 7 N–H and O–H groups in total. The summed E-state index contributed by atoms with van der Waals surface area (Å²) >= 11 is 0. The first kappa shape index (κ1) is 6.72. The first-order valence-corrected chi connectivity index (χ1v) is 1.39. The summed E-state index contributed by atoms with van der Waals surface area (Å²) in [6, 6.07) is 0. The molecule has 0 aliphatic heterocycles. The number of hydrogen-bond acceptors (Lipinski definition) is 7. The third-order valence-corrected chi connectivity index (χ3v) is 0.201. The summed E-state index contributed by atoms with van der Waals surface area (Å²) in [6.07, 6.45) is 0. The first-order chi connectivity index (χ1) is 3.41. The standard InChI is InChI=1S/H7N5O2/c1-3-6-5-7-4-2/h3-5H,1-2H2. The molecule has 0 amide bonds. The summed E-state index contributed by atoms with van der Waals surface area (Å²) in [5, 5.41) is 0. The van der Waals surface area contributed by atoms with Crippen molar-refractivity contribution in [1.29, 1.82) is 0 Å². The van der Waals surface area contributed by atoms with E-state index in [0.29, 0.717) is 0 Å². The zero-order chi connectivity index (χ0) is 5.54. The predicted molar refractivity (Wildman–Crippen MR) is 20.0 cm³/mol. The van der Waals surface area contributed by atoms with Crippen LogP contribution in [0, 0.1) is 0 Å². The fourth-order valence-corrected chi connectivity index (χ4v) is 0.0689. The van der Waals surface area contributed by atoms with Crippen LogP contribution in [-0.4, -0.2) is 0 Å². The molecule has 0 spiro atoms. The third kappa shape index (κ3) is 5.72. The molecule has 0 aromatic heterocycles. The van der Waals surface area contributed by atoms with Crippen LogP contribution in [0.3, 0.4) is 0 Å². The quantitative estimate of drug-likeness (QED) is 0.151. The van der Waals surface area contributed by atoms with E-state index in [1.807, 2.05) is 5.64 Å². The van der Waals surface area contributed by atoms with E-state index in [1.54, 1.807) is 11.2 Å². The predicted octanol–water partition coefficient (Wildman–Crippen LogP) is -2.80. The Kier molecular flexibility index (Phi) is 5.49. The van der Waals surface area contributed by atoms with Crippen LogP contribution in [0.2, 0.25) is 0 Å². The molecule has 0 unspecified atom stereocenters. The molecular weight excluding hydrogens is 102 g/mol. The number of rotatable bonds is 4. The lowest BCUT2D eigenvalue weighted by Crippen LogP contribution is -2.37. The molecule has 0 aromatic rings. The van der Waals surface area contributed by atoms with E-state index in [0.717, 1.165) is 0 Å². The highest BCUT2D eigenvalue weighted by Crippen LogP contribution is 1.44. The van der Waals surface area contributed by atoms with Crippen molar-refractivity contribution in [1.82, 2.24) is 16.8 Å². The smallest absolute Gasteiger partial charge is 0.0368 e. The molecule has 7 heteroatoms. The lowest BCUT2D eigenvalue weighted by Gasteiger charge is -1.98. The van der Waals surface area contributed by atoms with Crippen molar-refractivity contribution >= 4 is 0 Å². The van der Waals surface area contributed by atoms with E-state index in [9.17, 15) is 0 Å². The molecule has 44 valence electrons. The van der Waals surface area contributed by atoms with Crippen molar-refractivity contribution in [2.75, 3.05) is 0 Å². The largest absolute Gasteiger partial charge is 0.246 e. The van der Waals surface area contributed by atoms with Crippen molar-refractivity contribution in [3.05, 3.63) is 0 Å². The van der Waals surface area contributed by atoms with Crippen LogP contribution in [0.4, 0.5) is 0 Å². The van der Waals surface area contributed by atoms with Crippen LogP contribution >= 0.6 is 0 Å². The molecule has 0 rings (SSSR count). The maximum Gasteiger partial charge on any atom is -0.0368 e. The summed E-state index contributed by atoms with van der Waals surface area (Å²) in [5.74, 6) is 9.17. The lowest BCUT2D eigenvalue weighted by molar-refractivity contribution is -0.239. The molecule has 0 aliphatic carbocycles. The van der Waals surface area contributed by atoms with E-state index in [4.69, 9.17) is 0 Å². The van der Waals surface area contributed by atoms with Gasteiger partial charge < -0.3 is 0 Å². The SMILES string of the molecule is NNONONN. The van der Waals surface area contributed by atoms with Gasteiger partial charge in [-0.15, -0.1) is 11.2 Å². The van der Waals surface area contributed by atoms with Crippen LogP contribution in [0.15, 0.2) is 0 Å². The number of nitrogens with one attached hydrogen (secondary N) is 3. The maximum absolute atomic E-state index is 4.59. The highest BCUT2D eigenvalue weighted by atomic mass is 17.0. The third-order valence-electron chi connectivity index (χ3n) is 0.201. The van der Waals surface area contributed by atoms with Gasteiger partial charge in [-0.2, -0.15) is 9.88 Å². The highest BCUT2D eigenvalue weighted by Gasteiger charge is 1.72. The van der Waals surface area contributed by atoms with E-state index < -0.39 is 0 Å². The van der Waals surface area contributed by atoms with Gasteiger partial charge in [-0.3, -0.25) is 0 Å².